The van der Waals surface area contributed by atoms with Gasteiger partial charge in [0.15, 0.2) is 0 Å². The molecule has 17 heavy (non-hydrogen) atoms. The summed E-state index contributed by atoms with van der Waals surface area (Å²) in [6.07, 6.45) is 2.44. The van der Waals surface area contributed by atoms with Gasteiger partial charge in [-0.2, -0.15) is 0 Å². The van der Waals surface area contributed by atoms with Gasteiger partial charge in [0.25, 0.3) is 0 Å². The van der Waals surface area contributed by atoms with Crippen molar-refractivity contribution in [3.63, 3.8) is 0 Å². The molecule has 3 heteroatoms. The Balaban J connectivity index is 2.07. The number of anilines is 1. The van der Waals surface area contributed by atoms with E-state index in [1.807, 2.05) is 37.3 Å². The highest BCUT2D eigenvalue weighted by atomic mass is 14.9. The predicted octanol–water partition coefficient (Wildman–Crippen LogP) is 2.91. The number of hydrogen-bond donors (Lipinski definition) is 1. The average Bonchev–Trinajstić information content (AvgIpc) is 3.12. The summed E-state index contributed by atoms with van der Waals surface area (Å²) in [5.74, 6) is 1.57. The summed E-state index contributed by atoms with van der Waals surface area (Å²) >= 11 is 0. The van der Waals surface area contributed by atoms with Gasteiger partial charge in [0.05, 0.1) is 5.69 Å². The fourth-order valence-electron chi connectivity index (χ4n) is 1.96. The van der Waals surface area contributed by atoms with Crippen LogP contribution in [-0.4, -0.2) is 9.97 Å². The molecule has 86 valence electrons. The van der Waals surface area contributed by atoms with E-state index in [2.05, 4.69) is 9.97 Å². The molecule has 1 aromatic heterocycles. The Morgan fingerprint density at radius 3 is 2.71 bits per heavy atom. The van der Waals surface area contributed by atoms with Gasteiger partial charge < -0.3 is 5.73 Å². The third-order valence-corrected chi connectivity index (χ3v) is 3.00. The molecule has 2 aromatic rings. The van der Waals surface area contributed by atoms with Crippen LogP contribution in [-0.2, 0) is 0 Å². The van der Waals surface area contributed by atoms with Gasteiger partial charge in [0, 0.05) is 22.9 Å². The van der Waals surface area contributed by atoms with Crippen molar-refractivity contribution in [2.45, 2.75) is 25.7 Å². The van der Waals surface area contributed by atoms with Gasteiger partial charge in [-0.1, -0.05) is 12.1 Å². The molecule has 0 radical (unpaired) electrons. The Labute approximate surface area is 101 Å². The lowest BCUT2D eigenvalue weighted by atomic mass is 10.1. The second-order valence-corrected chi connectivity index (χ2v) is 4.65. The highest BCUT2D eigenvalue weighted by Crippen LogP contribution is 2.38. The second kappa shape index (κ2) is 3.84. The van der Waals surface area contributed by atoms with E-state index in [0.29, 0.717) is 5.92 Å². The highest BCUT2D eigenvalue weighted by molar-refractivity contribution is 5.64. The van der Waals surface area contributed by atoms with Crippen LogP contribution in [0, 0.1) is 6.92 Å². The van der Waals surface area contributed by atoms with Crippen molar-refractivity contribution in [2.75, 3.05) is 5.73 Å². The Hall–Kier alpha value is -1.90. The first-order valence-corrected chi connectivity index (χ1v) is 5.94. The Kier molecular flexibility index (Phi) is 2.32. The van der Waals surface area contributed by atoms with Crippen LogP contribution in [0.15, 0.2) is 30.3 Å². The van der Waals surface area contributed by atoms with Gasteiger partial charge in [-0.25, -0.2) is 9.97 Å². The zero-order chi connectivity index (χ0) is 11.8. The summed E-state index contributed by atoms with van der Waals surface area (Å²) in [6, 6.07) is 9.85. The smallest absolute Gasteiger partial charge is 0.132 e. The maximum atomic E-state index is 5.80. The van der Waals surface area contributed by atoms with Crippen LogP contribution in [0.1, 0.15) is 30.3 Å². The largest absolute Gasteiger partial charge is 0.399 e. The quantitative estimate of drug-likeness (QED) is 0.799. The molecule has 2 N–H and O–H groups in total. The molecular weight excluding hydrogens is 210 g/mol. The predicted molar refractivity (Wildman–Crippen MR) is 68.6 cm³/mol. The van der Waals surface area contributed by atoms with Gasteiger partial charge in [0.1, 0.15) is 5.82 Å². The van der Waals surface area contributed by atoms with Gasteiger partial charge in [0.2, 0.25) is 0 Å². The number of rotatable bonds is 2. The third kappa shape index (κ3) is 2.13. The number of aromatic nitrogens is 2. The van der Waals surface area contributed by atoms with Crippen LogP contribution in [0.3, 0.4) is 0 Å². The van der Waals surface area contributed by atoms with Gasteiger partial charge in [-0.3, -0.25) is 0 Å². The first-order chi connectivity index (χ1) is 8.22. The van der Waals surface area contributed by atoms with E-state index in [1.54, 1.807) is 0 Å². The van der Waals surface area contributed by atoms with Crippen molar-refractivity contribution in [3.05, 3.63) is 41.9 Å². The van der Waals surface area contributed by atoms with E-state index < -0.39 is 0 Å². The first kappa shape index (κ1) is 10.3. The maximum absolute atomic E-state index is 5.80. The van der Waals surface area contributed by atoms with Crippen molar-refractivity contribution in [1.82, 2.24) is 9.97 Å². The van der Waals surface area contributed by atoms with Crippen LogP contribution in [0.5, 0.6) is 0 Å². The lowest BCUT2D eigenvalue weighted by molar-refractivity contribution is 0.910. The van der Waals surface area contributed by atoms with Crippen molar-refractivity contribution in [3.8, 4) is 11.3 Å². The normalized spacial score (nSPS) is 14.9. The van der Waals surface area contributed by atoms with Crippen molar-refractivity contribution >= 4 is 5.69 Å². The minimum atomic E-state index is 0.578. The lowest BCUT2D eigenvalue weighted by Crippen LogP contribution is -1.97. The number of aryl methyl sites for hydroxylation is 1. The first-order valence-electron chi connectivity index (χ1n) is 5.94. The molecule has 0 aliphatic heterocycles. The number of benzene rings is 1. The fraction of sp³-hybridized carbons (Fsp3) is 0.286. The second-order valence-electron chi connectivity index (χ2n) is 4.65. The minimum Gasteiger partial charge on any atom is -0.399 e. The number of nitrogen functional groups attached to an aromatic ring is 1. The summed E-state index contributed by atoms with van der Waals surface area (Å²) in [7, 11) is 0. The molecule has 1 fully saturated rings. The van der Waals surface area contributed by atoms with Crippen LogP contribution in [0.25, 0.3) is 11.3 Å². The van der Waals surface area contributed by atoms with Crippen LogP contribution in [0.2, 0.25) is 0 Å². The number of hydrogen-bond acceptors (Lipinski definition) is 3. The number of nitrogens with zero attached hydrogens (tertiary/aromatic N) is 2. The summed E-state index contributed by atoms with van der Waals surface area (Å²) in [6.45, 7) is 2.02. The van der Waals surface area contributed by atoms with Crippen LogP contribution >= 0.6 is 0 Å². The molecular formula is C14H15N3. The molecule has 1 aliphatic rings. The Morgan fingerprint density at radius 2 is 2.00 bits per heavy atom. The van der Waals surface area contributed by atoms with E-state index in [-0.39, 0.29) is 0 Å². The molecule has 3 rings (SSSR count). The van der Waals surface area contributed by atoms with Crippen molar-refractivity contribution < 1.29 is 0 Å². The number of nitrogens with two attached hydrogens (primary N) is 1. The molecule has 0 atom stereocenters. The average molecular weight is 225 g/mol. The van der Waals surface area contributed by atoms with E-state index in [0.717, 1.165) is 28.5 Å². The molecule has 0 unspecified atom stereocenters. The summed E-state index contributed by atoms with van der Waals surface area (Å²) in [5.41, 5.74) is 9.64. The summed E-state index contributed by atoms with van der Waals surface area (Å²) < 4.78 is 0. The molecule has 0 spiro atoms. The van der Waals surface area contributed by atoms with E-state index in [9.17, 15) is 0 Å². The van der Waals surface area contributed by atoms with Crippen LogP contribution < -0.4 is 5.73 Å². The molecule has 0 saturated heterocycles. The summed E-state index contributed by atoms with van der Waals surface area (Å²) in [4.78, 5) is 9.14. The zero-order valence-corrected chi connectivity index (χ0v) is 9.85. The lowest BCUT2D eigenvalue weighted by Gasteiger charge is -2.06. The Bertz CT molecular complexity index is 559. The molecule has 1 saturated carbocycles. The van der Waals surface area contributed by atoms with E-state index in [4.69, 9.17) is 5.73 Å². The molecule has 1 aromatic carbocycles. The third-order valence-electron chi connectivity index (χ3n) is 3.00. The standard InChI is InChI=1S/C14H15N3/c1-9-7-13(11-3-2-4-12(15)8-11)17-14(16-9)10-5-6-10/h2-4,7-8,10H,5-6,15H2,1H3. The fourth-order valence-corrected chi connectivity index (χ4v) is 1.96. The molecule has 1 heterocycles. The van der Waals surface area contributed by atoms with Crippen molar-refractivity contribution in [2.24, 2.45) is 0 Å². The minimum absolute atomic E-state index is 0.578. The maximum Gasteiger partial charge on any atom is 0.132 e. The molecule has 0 amide bonds. The van der Waals surface area contributed by atoms with Crippen LogP contribution in [0.4, 0.5) is 5.69 Å². The molecule has 1 aliphatic carbocycles. The monoisotopic (exact) mass is 225 g/mol. The SMILES string of the molecule is Cc1cc(-c2cccc(N)c2)nc(C2CC2)n1. The zero-order valence-electron chi connectivity index (χ0n) is 9.85. The highest BCUT2D eigenvalue weighted by Gasteiger charge is 2.27. The summed E-state index contributed by atoms with van der Waals surface area (Å²) in [5, 5.41) is 0. The van der Waals surface area contributed by atoms with Crippen molar-refractivity contribution in [1.29, 1.82) is 0 Å². The molecule has 3 nitrogen and oxygen atoms in total. The van der Waals surface area contributed by atoms with Gasteiger partial charge in [-0.05, 0) is 38.0 Å². The van der Waals surface area contributed by atoms with Gasteiger partial charge >= 0.3 is 0 Å². The van der Waals surface area contributed by atoms with Gasteiger partial charge in [-0.15, -0.1) is 0 Å². The Morgan fingerprint density at radius 1 is 1.18 bits per heavy atom. The topological polar surface area (TPSA) is 51.8 Å². The van der Waals surface area contributed by atoms with E-state index in [1.165, 1.54) is 12.8 Å². The molecule has 0 bridgehead atoms. The van der Waals surface area contributed by atoms with E-state index >= 15 is 0 Å².